The molecule has 2 rings (SSSR count). The van der Waals surface area contributed by atoms with E-state index in [1.807, 2.05) is 0 Å². The maximum absolute atomic E-state index is 10.9. The van der Waals surface area contributed by atoms with E-state index < -0.39 is 5.76 Å². The number of aromatic amines is 1. The second-order valence-corrected chi connectivity index (χ2v) is 3.17. The molecule has 0 spiro atoms. The SMILES string of the molecule is NCCNc1cc2[nH]c(=O)oc2cc1N. The van der Waals surface area contributed by atoms with Crippen LogP contribution in [0.4, 0.5) is 11.4 Å². The average Bonchev–Trinajstić information content (AvgIpc) is 2.53. The first-order valence-electron chi connectivity index (χ1n) is 4.57. The second kappa shape index (κ2) is 3.66. The number of benzene rings is 1. The van der Waals surface area contributed by atoms with Gasteiger partial charge in [0.1, 0.15) is 0 Å². The van der Waals surface area contributed by atoms with E-state index in [4.69, 9.17) is 15.9 Å². The lowest BCUT2D eigenvalue weighted by atomic mass is 10.2. The van der Waals surface area contributed by atoms with E-state index in [1.165, 1.54) is 0 Å². The van der Waals surface area contributed by atoms with Gasteiger partial charge in [0.15, 0.2) is 5.58 Å². The van der Waals surface area contributed by atoms with E-state index in [1.54, 1.807) is 12.1 Å². The Bertz CT molecular complexity index is 528. The van der Waals surface area contributed by atoms with Crippen molar-refractivity contribution in [2.45, 2.75) is 0 Å². The van der Waals surface area contributed by atoms with Crippen molar-refractivity contribution in [2.75, 3.05) is 24.1 Å². The molecule has 0 fully saturated rings. The van der Waals surface area contributed by atoms with E-state index in [-0.39, 0.29) is 0 Å². The number of nitrogens with two attached hydrogens (primary N) is 2. The van der Waals surface area contributed by atoms with Gasteiger partial charge in [-0.05, 0) is 6.07 Å². The van der Waals surface area contributed by atoms with Crippen LogP contribution in [-0.2, 0) is 0 Å². The summed E-state index contributed by atoms with van der Waals surface area (Å²) in [5, 5.41) is 3.05. The summed E-state index contributed by atoms with van der Waals surface area (Å²) in [6, 6.07) is 3.33. The first kappa shape index (κ1) is 9.60. The molecule has 6 heteroatoms. The fraction of sp³-hybridized carbons (Fsp3) is 0.222. The Morgan fingerprint density at radius 2 is 2.27 bits per heavy atom. The molecule has 0 radical (unpaired) electrons. The van der Waals surface area contributed by atoms with Crippen LogP contribution in [0, 0.1) is 0 Å². The van der Waals surface area contributed by atoms with Gasteiger partial charge < -0.3 is 21.2 Å². The molecule has 0 amide bonds. The Kier molecular flexibility index (Phi) is 2.34. The highest BCUT2D eigenvalue weighted by Gasteiger charge is 2.05. The number of oxazole rings is 1. The van der Waals surface area contributed by atoms with Gasteiger partial charge in [0.25, 0.3) is 0 Å². The highest BCUT2D eigenvalue weighted by molar-refractivity contribution is 5.85. The highest BCUT2D eigenvalue weighted by atomic mass is 16.4. The zero-order valence-electron chi connectivity index (χ0n) is 8.04. The van der Waals surface area contributed by atoms with E-state index in [9.17, 15) is 4.79 Å². The van der Waals surface area contributed by atoms with Gasteiger partial charge in [-0.15, -0.1) is 0 Å². The third-order valence-corrected chi connectivity index (χ3v) is 2.05. The van der Waals surface area contributed by atoms with Gasteiger partial charge in [0.2, 0.25) is 0 Å². The van der Waals surface area contributed by atoms with Gasteiger partial charge in [-0.2, -0.15) is 0 Å². The molecule has 0 unspecified atom stereocenters. The number of rotatable bonds is 3. The molecule has 15 heavy (non-hydrogen) atoms. The summed E-state index contributed by atoms with van der Waals surface area (Å²) in [5.41, 5.74) is 13.5. The van der Waals surface area contributed by atoms with E-state index in [2.05, 4.69) is 10.3 Å². The van der Waals surface area contributed by atoms with Gasteiger partial charge in [-0.3, -0.25) is 4.98 Å². The number of fused-ring (bicyclic) bond motifs is 1. The number of aromatic nitrogens is 1. The summed E-state index contributed by atoms with van der Waals surface area (Å²) in [6.45, 7) is 1.14. The number of hydrogen-bond donors (Lipinski definition) is 4. The number of hydrogen-bond acceptors (Lipinski definition) is 5. The molecule has 0 saturated heterocycles. The predicted molar refractivity (Wildman–Crippen MR) is 58.8 cm³/mol. The van der Waals surface area contributed by atoms with Crippen molar-refractivity contribution < 1.29 is 4.42 Å². The molecule has 2 aromatic rings. The maximum Gasteiger partial charge on any atom is 0.417 e. The minimum atomic E-state index is -0.486. The molecule has 6 N–H and O–H groups in total. The monoisotopic (exact) mass is 208 g/mol. The molecule has 6 nitrogen and oxygen atoms in total. The first-order chi connectivity index (χ1) is 7.20. The van der Waals surface area contributed by atoms with Crippen LogP contribution < -0.4 is 22.5 Å². The fourth-order valence-electron chi connectivity index (χ4n) is 1.37. The van der Waals surface area contributed by atoms with Crippen LogP contribution >= 0.6 is 0 Å². The van der Waals surface area contributed by atoms with Crippen molar-refractivity contribution in [3.8, 4) is 0 Å². The van der Waals surface area contributed by atoms with Crippen LogP contribution in [0.25, 0.3) is 11.1 Å². The number of nitrogens with one attached hydrogen (secondary N) is 2. The molecular formula is C9H12N4O2. The van der Waals surface area contributed by atoms with Crippen LogP contribution in [0.5, 0.6) is 0 Å². The van der Waals surface area contributed by atoms with Crippen molar-refractivity contribution >= 4 is 22.5 Å². The van der Waals surface area contributed by atoms with E-state index in [0.717, 1.165) is 5.69 Å². The number of nitrogen functional groups attached to an aromatic ring is 1. The van der Waals surface area contributed by atoms with Crippen LogP contribution in [0.1, 0.15) is 0 Å². The molecule has 80 valence electrons. The van der Waals surface area contributed by atoms with Crippen LogP contribution in [-0.4, -0.2) is 18.1 Å². The molecule has 1 aromatic heterocycles. The quantitative estimate of drug-likeness (QED) is 0.534. The fourth-order valence-corrected chi connectivity index (χ4v) is 1.37. The third kappa shape index (κ3) is 1.79. The van der Waals surface area contributed by atoms with Gasteiger partial charge in [-0.25, -0.2) is 4.79 Å². The summed E-state index contributed by atoms with van der Waals surface area (Å²) < 4.78 is 4.86. The molecule has 0 aliphatic carbocycles. The van der Waals surface area contributed by atoms with Gasteiger partial charge in [0, 0.05) is 19.2 Å². The van der Waals surface area contributed by atoms with Crippen molar-refractivity contribution in [1.82, 2.24) is 4.98 Å². The Balaban J connectivity index is 2.46. The maximum atomic E-state index is 10.9. The Labute approximate surface area is 85.2 Å². The van der Waals surface area contributed by atoms with Crippen LogP contribution in [0.15, 0.2) is 21.3 Å². The van der Waals surface area contributed by atoms with Crippen LogP contribution in [0.3, 0.4) is 0 Å². The molecule has 0 bridgehead atoms. The molecule has 1 aromatic carbocycles. The zero-order chi connectivity index (χ0) is 10.8. The molecule has 0 atom stereocenters. The van der Waals surface area contributed by atoms with Crippen molar-refractivity contribution in [2.24, 2.45) is 5.73 Å². The lowest BCUT2D eigenvalue weighted by Crippen LogP contribution is -2.13. The normalized spacial score (nSPS) is 10.7. The number of anilines is 2. The Morgan fingerprint density at radius 1 is 1.47 bits per heavy atom. The van der Waals surface area contributed by atoms with Crippen LogP contribution in [0.2, 0.25) is 0 Å². The molecule has 0 aliphatic rings. The smallest absolute Gasteiger partial charge is 0.408 e. The Morgan fingerprint density at radius 3 is 3.00 bits per heavy atom. The summed E-state index contributed by atoms with van der Waals surface area (Å²) in [6.07, 6.45) is 0. The average molecular weight is 208 g/mol. The van der Waals surface area contributed by atoms with Crippen molar-refractivity contribution in [3.63, 3.8) is 0 Å². The summed E-state index contributed by atoms with van der Waals surface area (Å²) in [5.74, 6) is -0.486. The standard InChI is InChI=1S/C9H12N4O2/c10-1-2-12-6-4-7-8(3-5(6)11)15-9(14)13-7/h3-4,12H,1-2,10-11H2,(H,13,14). The lowest BCUT2D eigenvalue weighted by molar-refractivity contribution is 0.555. The predicted octanol–water partition coefficient (Wildman–Crippen LogP) is 0.0739. The summed E-state index contributed by atoms with van der Waals surface area (Å²) in [7, 11) is 0. The molecule has 0 aliphatic heterocycles. The van der Waals surface area contributed by atoms with Gasteiger partial charge >= 0.3 is 5.76 Å². The second-order valence-electron chi connectivity index (χ2n) is 3.17. The third-order valence-electron chi connectivity index (χ3n) is 2.05. The Hall–Kier alpha value is -1.95. The van der Waals surface area contributed by atoms with Gasteiger partial charge in [0.05, 0.1) is 16.9 Å². The summed E-state index contributed by atoms with van der Waals surface area (Å²) >= 11 is 0. The van der Waals surface area contributed by atoms with Crippen molar-refractivity contribution in [1.29, 1.82) is 0 Å². The lowest BCUT2D eigenvalue weighted by Gasteiger charge is -2.07. The topological polar surface area (TPSA) is 110 Å². The zero-order valence-corrected chi connectivity index (χ0v) is 8.04. The van der Waals surface area contributed by atoms with Gasteiger partial charge in [-0.1, -0.05) is 0 Å². The van der Waals surface area contributed by atoms with Crippen molar-refractivity contribution in [3.05, 3.63) is 22.7 Å². The molecule has 0 saturated carbocycles. The first-order valence-corrected chi connectivity index (χ1v) is 4.57. The van der Waals surface area contributed by atoms with E-state index >= 15 is 0 Å². The number of H-pyrrole nitrogens is 1. The van der Waals surface area contributed by atoms with E-state index in [0.29, 0.717) is 29.9 Å². The largest absolute Gasteiger partial charge is 0.417 e. The molecule has 1 heterocycles. The minimum absolute atomic E-state index is 0.454. The highest BCUT2D eigenvalue weighted by Crippen LogP contribution is 2.23. The summed E-state index contributed by atoms with van der Waals surface area (Å²) in [4.78, 5) is 13.5. The minimum Gasteiger partial charge on any atom is -0.408 e. The molecular weight excluding hydrogens is 196 g/mol.